The Balaban J connectivity index is 2.65. The Hall–Kier alpha value is -0.590. The van der Waals surface area contributed by atoms with Crippen LogP contribution in [0.4, 0.5) is 0 Å². The summed E-state index contributed by atoms with van der Waals surface area (Å²) in [5.74, 6) is 0.953. The molecule has 0 bridgehead atoms. The number of carbonyl (C=O) groups excluding carboxylic acids is 1. The molecule has 1 saturated carbocycles. The second kappa shape index (κ2) is 3.04. The average Bonchev–Trinajstić information content (AvgIpc) is 2.04. The van der Waals surface area contributed by atoms with Crippen LogP contribution < -0.4 is 0 Å². The van der Waals surface area contributed by atoms with Crippen molar-refractivity contribution in [2.45, 2.75) is 40.0 Å². The van der Waals surface area contributed by atoms with E-state index >= 15 is 0 Å². The summed E-state index contributed by atoms with van der Waals surface area (Å²) >= 11 is 0. The molecule has 0 amide bonds. The SMILES string of the molecule is C=C(C)CC1CC(=O)CC1(C)C. The third-order valence-corrected chi connectivity index (χ3v) is 2.83. The van der Waals surface area contributed by atoms with Gasteiger partial charge in [0.15, 0.2) is 0 Å². The highest BCUT2D eigenvalue weighted by atomic mass is 16.1. The summed E-state index contributed by atoms with van der Waals surface area (Å²) in [7, 11) is 0. The molecule has 0 spiro atoms. The molecule has 0 aromatic carbocycles. The molecule has 1 rings (SSSR count). The largest absolute Gasteiger partial charge is 0.300 e. The molecule has 0 aliphatic heterocycles. The number of carbonyl (C=O) groups is 1. The minimum Gasteiger partial charge on any atom is -0.300 e. The molecule has 0 radical (unpaired) electrons. The van der Waals surface area contributed by atoms with Gasteiger partial charge in [-0.1, -0.05) is 19.4 Å². The molecule has 68 valence electrons. The summed E-state index contributed by atoms with van der Waals surface area (Å²) in [6.07, 6.45) is 2.53. The molecular weight excluding hydrogens is 148 g/mol. The van der Waals surface area contributed by atoms with Crippen LogP contribution in [0.15, 0.2) is 12.2 Å². The van der Waals surface area contributed by atoms with Crippen molar-refractivity contribution in [3.05, 3.63) is 12.2 Å². The second-order valence-electron chi connectivity index (χ2n) is 4.77. The standard InChI is InChI=1S/C11H18O/c1-8(2)5-9-6-10(12)7-11(9,3)4/h9H,1,5-7H2,2-4H3. The Morgan fingerprint density at radius 1 is 1.67 bits per heavy atom. The first-order chi connectivity index (χ1) is 5.42. The average molecular weight is 166 g/mol. The highest BCUT2D eigenvalue weighted by molar-refractivity contribution is 5.81. The summed E-state index contributed by atoms with van der Waals surface area (Å²) in [5.41, 5.74) is 1.40. The fraction of sp³-hybridized carbons (Fsp3) is 0.727. The van der Waals surface area contributed by atoms with Crippen LogP contribution >= 0.6 is 0 Å². The van der Waals surface area contributed by atoms with Crippen LogP contribution in [0.5, 0.6) is 0 Å². The van der Waals surface area contributed by atoms with Gasteiger partial charge in [0.05, 0.1) is 0 Å². The number of Topliss-reactive ketones (excluding diaryl/α,β-unsaturated/α-hetero) is 1. The molecule has 1 aliphatic carbocycles. The Kier molecular flexibility index (Phi) is 2.41. The van der Waals surface area contributed by atoms with Crippen LogP contribution in [0.2, 0.25) is 0 Å². The van der Waals surface area contributed by atoms with E-state index in [0.717, 1.165) is 19.3 Å². The van der Waals surface area contributed by atoms with Gasteiger partial charge < -0.3 is 0 Å². The van der Waals surface area contributed by atoms with Crippen molar-refractivity contribution in [1.29, 1.82) is 0 Å². The lowest BCUT2D eigenvalue weighted by Gasteiger charge is -2.25. The molecule has 1 nitrogen and oxygen atoms in total. The normalized spacial score (nSPS) is 27.6. The van der Waals surface area contributed by atoms with Gasteiger partial charge in [0.1, 0.15) is 5.78 Å². The van der Waals surface area contributed by atoms with Crippen LogP contribution in [0.1, 0.15) is 40.0 Å². The van der Waals surface area contributed by atoms with Gasteiger partial charge in [-0.25, -0.2) is 0 Å². The molecule has 1 aliphatic rings. The molecule has 0 N–H and O–H groups in total. The first-order valence-corrected chi connectivity index (χ1v) is 4.58. The van der Waals surface area contributed by atoms with Gasteiger partial charge in [-0.3, -0.25) is 4.79 Å². The Morgan fingerprint density at radius 3 is 2.58 bits per heavy atom. The van der Waals surface area contributed by atoms with Crippen molar-refractivity contribution in [2.24, 2.45) is 11.3 Å². The van der Waals surface area contributed by atoms with Gasteiger partial charge >= 0.3 is 0 Å². The van der Waals surface area contributed by atoms with E-state index in [1.54, 1.807) is 0 Å². The Bertz CT molecular complexity index is 213. The van der Waals surface area contributed by atoms with Crippen LogP contribution in [0.3, 0.4) is 0 Å². The predicted molar refractivity (Wildman–Crippen MR) is 50.9 cm³/mol. The minimum atomic E-state index is 0.204. The number of hydrogen-bond acceptors (Lipinski definition) is 1. The molecule has 12 heavy (non-hydrogen) atoms. The van der Waals surface area contributed by atoms with Gasteiger partial charge in [-0.15, -0.1) is 6.58 Å². The van der Waals surface area contributed by atoms with E-state index in [2.05, 4.69) is 20.4 Å². The van der Waals surface area contributed by atoms with E-state index in [0.29, 0.717) is 11.7 Å². The fourth-order valence-electron chi connectivity index (χ4n) is 2.04. The van der Waals surface area contributed by atoms with E-state index < -0.39 is 0 Å². The van der Waals surface area contributed by atoms with E-state index in [1.807, 2.05) is 6.92 Å². The zero-order valence-corrected chi connectivity index (χ0v) is 8.31. The molecular formula is C11H18O. The predicted octanol–water partition coefficient (Wildman–Crippen LogP) is 2.96. The third kappa shape index (κ3) is 1.96. The summed E-state index contributed by atoms with van der Waals surface area (Å²) in [6, 6.07) is 0. The zero-order chi connectivity index (χ0) is 9.35. The maximum absolute atomic E-state index is 11.2. The smallest absolute Gasteiger partial charge is 0.133 e. The first kappa shape index (κ1) is 9.50. The second-order valence-corrected chi connectivity index (χ2v) is 4.77. The first-order valence-electron chi connectivity index (χ1n) is 4.58. The molecule has 1 unspecified atom stereocenters. The summed E-state index contributed by atoms with van der Waals surface area (Å²) in [5, 5.41) is 0. The monoisotopic (exact) mass is 166 g/mol. The van der Waals surface area contributed by atoms with Crippen molar-refractivity contribution >= 4 is 5.78 Å². The third-order valence-electron chi connectivity index (χ3n) is 2.83. The lowest BCUT2D eigenvalue weighted by molar-refractivity contribution is -0.117. The fourth-order valence-corrected chi connectivity index (χ4v) is 2.04. The van der Waals surface area contributed by atoms with Crippen LogP contribution in [-0.4, -0.2) is 5.78 Å². The van der Waals surface area contributed by atoms with Crippen LogP contribution in [0, 0.1) is 11.3 Å². The highest BCUT2D eigenvalue weighted by Gasteiger charge is 2.38. The molecule has 1 fully saturated rings. The highest BCUT2D eigenvalue weighted by Crippen LogP contribution is 2.43. The quantitative estimate of drug-likeness (QED) is 0.576. The number of hydrogen-bond donors (Lipinski definition) is 0. The Labute approximate surface area is 74.9 Å². The van der Waals surface area contributed by atoms with Crippen molar-refractivity contribution in [2.75, 3.05) is 0 Å². The van der Waals surface area contributed by atoms with Gasteiger partial charge in [0, 0.05) is 12.8 Å². The minimum absolute atomic E-state index is 0.204. The van der Waals surface area contributed by atoms with Crippen molar-refractivity contribution in [3.63, 3.8) is 0 Å². The topological polar surface area (TPSA) is 17.1 Å². The molecule has 0 heterocycles. The molecule has 1 atom stereocenters. The van der Waals surface area contributed by atoms with Gasteiger partial charge in [-0.05, 0) is 24.7 Å². The van der Waals surface area contributed by atoms with E-state index in [9.17, 15) is 4.79 Å². The maximum Gasteiger partial charge on any atom is 0.133 e. The van der Waals surface area contributed by atoms with Gasteiger partial charge in [0.2, 0.25) is 0 Å². The van der Waals surface area contributed by atoms with E-state index in [4.69, 9.17) is 0 Å². The summed E-state index contributed by atoms with van der Waals surface area (Å²) in [4.78, 5) is 11.2. The van der Waals surface area contributed by atoms with Crippen molar-refractivity contribution < 1.29 is 4.79 Å². The van der Waals surface area contributed by atoms with Crippen LogP contribution in [0.25, 0.3) is 0 Å². The molecule has 0 aromatic rings. The lowest BCUT2D eigenvalue weighted by atomic mass is 9.79. The lowest BCUT2D eigenvalue weighted by Crippen LogP contribution is -2.17. The molecule has 0 saturated heterocycles. The van der Waals surface area contributed by atoms with Crippen molar-refractivity contribution in [1.82, 2.24) is 0 Å². The van der Waals surface area contributed by atoms with E-state index in [1.165, 1.54) is 5.57 Å². The number of rotatable bonds is 2. The zero-order valence-electron chi connectivity index (χ0n) is 8.31. The maximum atomic E-state index is 11.2. The molecule has 0 aromatic heterocycles. The van der Waals surface area contributed by atoms with Crippen LogP contribution in [-0.2, 0) is 4.79 Å². The van der Waals surface area contributed by atoms with Gasteiger partial charge in [-0.2, -0.15) is 0 Å². The number of allylic oxidation sites excluding steroid dienone is 1. The Morgan fingerprint density at radius 2 is 2.25 bits per heavy atom. The summed E-state index contributed by atoms with van der Waals surface area (Å²) < 4.78 is 0. The van der Waals surface area contributed by atoms with Crippen molar-refractivity contribution in [3.8, 4) is 0 Å². The molecule has 1 heteroatoms. The van der Waals surface area contributed by atoms with E-state index in [-0.39, 0.29) is 5.41 Å². The summed E-state index contributed by atoms with van der Waals surface area (Å²) in [6.45, 7) is 10.3. The number of ketones is 1. The van der Waals surface area contributed by atoms with Gasteiger partial charge in [0.25, 0.3) is 0 Å².